The second-order valence-electron chi connectivity index (χ2n) is 3.02. The van der Waals surface area contributed by atoms with Gasteiger partial charge in [-0.05, 0) is 24.6 Å². The van der Waals surface area contributed by atoms with Gasteiger partial charge in [0.25, 0.3) is 0 Å². The molecule has 2 N–H and O–H groups in total. The molecule has 1 aliphatic rings. The number of rotatable bonds is 0. The summed E-state index contributed by atoms with van der Waals surface area (Å²) < 4.78 is 0. The summed E-state index contributed by atoms with van der Waals surface area (Å²) in [6.45, 7) is 2.01. The molecule has 1 aromatic rings. The molecule has 1 aromatic carbocycles. The minimum absolute atomic E-state index is 0.102. The lowest BCUT2D eigenvalue weighted by molar-refractivity contribution is -0.111. The van der Waals surface area contributed by atoms with Gasteiger partial charge in [-0.2, -0.15) is 0 Å². The van der Waals surface area contributed by atoms with Gasteiger partial charge in [-0.1, -0.05) is 6.07 Å². The van der Waals surface area contributed by atoms with Crippen molar-refractivity contribution in [3.8, 4) is 0 Å². The van der Waals surface area contributed by atoms with Crippen molar-refractivity contribution < 1.29 is 4.79 Å². The molecule has 0 saturated carbocycles. The lowest BCUT2D eigenvalue weighted by atomic mass is 10.2. The molecular weight excluding hydrogens is 164 g/mol. The normalized spacial score (nSPS) is 14.1. The zero-order valence-electron chi connectivity index (χ0n) is 7.29. The highest BCUT2D eigenvalue weighted by Crippen LogP contribution is 2.24. The molecule has 0 bridgehead atoms. The third kappa shape index (κ3) is 1.54. The van der Waals surface area contributed by atoms with Crippen molar-refractivity contribution >= 4 is 17.3 Å². The Morgan fingerprint density at radius 3 is 2.92 bits per heavy atom. The summed E-state index contributed by atoms with van der Waals surface area (Å²) in [6.07, 6.45) is 3.11. The molecular formula is C10H10N2O. The molecule has 13 heavy (non-hydrogen) atoms. The van der Waals surface area contributed by atoms with Crippen molar-refractivity contribution in [2.24, 2.45) is 0 Å². The van der Waals surface area contributed by atoms with E-state index in [4.69, 9.17) is 0 Å². The lowest BCUT2D eigenvalue weighted by Gasteiger charge is -2.07. The Balaban J connectivity index is 2.46. The SMILES string of the molecule is Cc1ccc2c(c1)NC=CC(=O)N2. The smallest absolute Gasteiger partial charge is 0.249 e. The maximum atomic E-state index is 11.1. The molecule has 0 saturated heterocycles. The predicted octanol–water partition coefficient (Wildman–Crippen LogP) is 1.87. The number of nitrogens with one attached hydrogen (secondary N) is 2. The Kier molecular flexibility index (Phi) is 1.77. The van der Waals surface area contributed by atoms with Gasteiger partial charge in [0, 0.05) is 12.3 Å². The molecule has 1 aliphatic heterocycles. The Morgan fingerprint density at radius 2 is 2.08 bits per heavy atom. The number of hydrogen-bond acceptors (Lipinski definition) is 2. The molecule has 1 amide bonds. The monoisotopic (exact) mass is 174 g/mol. The van der Waals surface area contributed by atoms with Crippen LogP contribution in [0.1, 0.15) is 5.56 Å². The Bertz CT molecular complexity index is 383. The number of anilines is 2. The van der Waals surface area contributed by atoms with Crippen LogP contribution in [-0.4, -0.2) is 5.91 Å². The summed E-state index contributed by atoms with van der Waals surface area (Å²) in [4.78, 5) is 11.1. The van der Waals surface area contributed by atoms with Gasteiger partial charge < -0.3 is 10.6 Å². The van der Waals surface area contributed by atoms with Crippen LogP contribution in [-0.2, 0) is 4.79 Å². The van der Waals surface area contributed by atoms with E-state index in [2.05, 4.69) is 10.6 Å². The molecule has 0 aliphatic carbocycles. The molecule has 66 valence electrons. The van der Waals surface area contributed by atoms with E-state index in [-0.39, 0.29) is 5.91 Å². The number of carbonyl (C=O) groups excluding carboxylic acids is 1. The molecule has 0 unspecified atom stereocenters. The van der Waals surface area contributed by atoms with Gasteiger partial charge in [0.15, 0.2) is 0 Å². The average molecular weight is 174 g/mol. The van der Waals surface area contributed by atoms with Crippen LogP contribution < -0.4 is 10.6 Å². The fourth-order valence-corrected chi connectivity index (χ4v) is 1.27. The molecule has 1 heterocycles. The van der Waals surface area contributed by atoms with Gasteiger partial charge in [0.05, 0.1) is 11.4 Å². The van der Waals surface area contributed by atoms with E-state index in [1.807, 2.05) is 25.1 Å². The molecule has 0 atom stereocenters. The maximum absolute atomic E-state index is 11.1. The summed E-state index contributed by atoms with van der Waals surface area (Å²) in [5.74, 6) is -0.102. The van der Waals surface area contributed by atoms with Gasteiger partial charge in [0.2, 0.25) is 5.91 Å². The van der Waals surface area contributed by atoms with Gasteiger partial charge in [-0.15, -0.1) is 0 Å². The van der Waals surface area contributed by atoms with E-state index in [0.717, 1.165) is 16.9 Å². The van der Waals surface area contributed by atoms with Crippen LogP contribution in [0, 0.1) is 6.92 Å². The third-order valence-electron chi connectivity index (χ3n) is 1.91. The molecule has 0 fully saturated rings. The first-order chi connectivity index (χ1) is 6.25. The van der Waals surface area contributed by atoms with Crippen LogP contribution in [0.3, 0.4) is 0 Å². The summed E-state index contributed by atoms with van der Waals surface area (Å²) in [5, 5.41) is 5.79. The second kappa shape index (κ2) is 2.94. The quantitative estimate of drug-likeness (QED) is 0.630. The minimum Gasteiger partial charge on any atom is -0.360 e. The standard InChI is InChI=1S/C10H10N2O/c1-7-2-3-8-9(6-7)11-5-4-10(13)12-8/h2-6,11H,1H3,(H,12,13). The number of aryl methyl sites for hydroxylation is 1. The number of fused-ring (bicyclic) bond motifs is 1. The number of benzene rings is 1. The van der Waals surface area contributed by atoms with E-state index in [1.54, 1.807) is 6.20 Å². The average Bonchev–Trinajstić information content (AvgIpc) is 2.25. The van der Waals surface area contributed by atoms with Gasteiger partial charge in [0.1, 0.15) is 0 Å². The topological polar surface area (TPSA) is 41.1 Å². The Hall–Kier alpha value is -1.77. The third-order valence-corrected chi connectivity index (χ3v) is 1.91. The Morgan fingerprint density at radius 1 is 1.23 bits per heavy atom. The number of hydrogen-bond donors (Lipinski definition) is 2. The molecule has 0 spiro atoms. The van der Waals surface area contributed by atoms with Crippen molar-refractivity contribution in [1.29, 1.82) is 0 Å². The second-order valence-corrected chi connectivity index (χ2v) is 3.02. The van der Waals surface area contributed by atoms with E-state index in [9.17, 15) is 4.79 Å². The summed E-state index contributed by atoms with van der Waals surface area (Å²) >= 11 is 0. The van der Waals surface area contributed by atoms with E-state index < -0.39 is 0 Å². The van der Waals surface area contributed by atoms with Gasteiger partial charge >= 0.3 is 0 Å². The van der Waals surface area contributed by atoms with Gasteiger partial charge in [-0.25, -0.2) is 0 Å². The van der Waals surface area contributed by atoms with Gasteiger partial charge in [-0.3, -0.25) is 4.79 Å². The highest BCUT2D eigenvalue weighted by molar-refractivity contribution is 6.03. The molecule has 0 radical (unpaired) electrons. The predicted molar refractivity (Wildman–Crippen MR) is 52.6 cm³/mol. The Labute approximate surface area is 76.5 Å². The zero-order valence-corrected chi connectivity index (χ0v) is 7.29. The lowest BCUT2D eigenvalue weighted by Crippen LogP contribution is -2.06. The summed E-state index contributed by atoms with van der Waals surface area (Å²) in [7, 11) is 0. The van der Waals surface area contributed by atoms with Crippen LogP contribution in [0.25, 0.3) is 0 Å². The zero-order chi connectivity index (χ0) is 9.26. The maximum Gasteiger partial charge on any atom is 0.249 e. The van der Waals surface area contributed by atoms with Crippen molar-refractivity contribution in [2.45, 2.75) is 6.92 Å². The van der Waals surface area contributed by atoms with Crippen molar-refractivity contribution in [2.75, 3.05) is 10.6 Å². The summed E-state index contributed by atoms with van der Waals surface area (Å²) in [5.41, 5.74) is 2.92. The number of carbonyl (C=O) groups is 1. The van der Waals surface area contributed by atoms with Crippen LogP contribution in [0.15, 0.2) is 30.5 Å². The number of amides is 1. The molecule has 3 nitrogen and oxygen atoms in total. The van der Waals surface area contributed by atoms with E-state index >= 15 is 0 Å². The largest absolute Gasteiger partial charge is 0.360 e. The first-order valence-corrected chi connectivity index (χ1v) is 4.10. The van der Waals surface area contributed by atoms with Crippen molar-refractivity contribution in [1.82, 2.24) is 0 Å². The van der Waals surface area contributed by atoms with Crippen LogP contribution in [0.4, 0.5) is 11.4 Å². The van der Waals surface area contributed by atoms with Crippen LogP contribution in [0.2, 0.25) is 0 Å². The van der Waals surface area contributed by atoms with Crippen LogP contribution >= 0.6 is 0 Å². The minimum atomic E-state index is -0.102. The fourth-order valence-electron chi connectivity index (χ4n) is 1.27. The van der Waals surface area contributed by atoms with Crippen LogP contribution in [0.5, 0.6) is 0 Å². The first kappa shape index (κ1) is 7.86. The van der Waals surface area contributed by atoms with Crippen molar-refractivity contribution in [3.63, 3.8) is 0 Å². The van der Waals surface area contributed by atoms with E-state index in [0.29, 0.717) is 0 Å². The highest BCUT2D eigenvalue weighted by atomic mass is 16.1. The van der Waals surface area contributed by atoms with Crippen molar-refractivity contribution in [3.05, 3.63) is 36.0 Å². The molecule has 0 aromatic heterocycles. The molecule has 3 heteroatoms. The molecule has 2 rings (SSSR count). The summed E-state index contributed by atoms with van der Waals surface area (Å²) in [6, 6.07) is 5.85. The van der Waals surface area contributed by atoms with E-state index in [1.165, 1.54) is 6.08 Å². The first-order valence-electron chi connectivity index (χ1n) is 4.10. The fraction of sp³-hybridized carbons (Fsp3) is 0.100. The highest BCUT2D eigenvalue weighted by Gasteiger charge is 2.06.